The van der Waals surface area contributed by atoms with E-state index in [2.05, 4.69) is 5.32 Å². The zero-order valence-corrected chi connectivity index (χ0v) is 8.20. The van der Waals surface area contributed by atoms with Crippen LogP contribution in [0.25, 0.3) is 0 Å². The van der Waals surface area contributed by atoms with Crippen LogP contribution in [0.5, 0.6) is 0 Å². The molecule has 0 aliphatic carbocycles. The van der Waals surface area contributed by atoms with E-state index in [9.17, 15) is 9.18 Å². The van der Waals surface area contributed by atoms with Gasteiger partial charge in [-0.2, -0.15) is 0 Å². The molecule has 0 amide bonds. The molecule has 15 heavy (non-hydrogen) atoms. The van der Waals surface area contributed by atoms with Crippen LogP contribution in [0.1, 0.15) is 10.4 Å². The summed E-state index contributed by atoms with van der Waals surface area (Å²) in [6, 6.07) is 5.26. The van der Waals surface area contributed by atoms with E-state index in [0.717, 1.165) is 0 Å². The molecule has 0 spiro atoms. The Kier molecular flexibility index (Phi) is 3.08. The predicted molar refractivity (Wildman–Crippen MR) is 53.3 cm³/mol. The van der Waals surface area contributed by atoms with Crippen LogP contribution in [0.15, 0.2) is 24.3 Å². The number of nitrogens with one attached hydrogen (secondary N) is 1. The number of rotatable bonds is 2. The summed E-state index contributed by atoms with van der Waals surface area (Å²) in [5.74, 6) is -0.380. The van der Waals surface area contributed by atoms with Crippen LogP contribution in [0, 0.1) is 5.82 Å². The monoisotopic (exact) mass is 209 g/mol. The second-order valence-corrected chi connectivity index (χ2v) is 3.45. The Labute approximate surface area is 87.2 Å². The molecular formula is C11H12FNO2. The van der Waals surface area contributed by atoms with Crippen molar-refractivity contribution < 1.29 is 13.9 Å². The topological polar surface area (TPSA) is 38.3 Å². The minimum atomic E-state index is -0.334. The minimum Gasteiger partial charge on any atom is -0.378 e. The van der Waals surface area contributed by atoms with Gasteiger partial charge >= 0.3 is 0 Å². The second-order valence-electron chi connectivity index (χ2n) is 3.45. The van der Waals surface area contributed by atoms with Crippen LogP contribution < -0.4 is 5.32 Å². The molecule has 0 bridgehead atoms. The molecule has 1 heterocycles. The van der Waals surface area contributed by atoms with Gasteiger partial charge in [0.05, 0.1) is 19.3 Å². The van der Waals surface area contributed by atoms with E-state index in [0.29, 0.717) is 25.3 Å². The molecule has 1 unspecified atom stereocenters. The van der Waals surface area contributed by atoms with Gasteiger partial charge in [0.2, 0.25) is 0 Å². The van der Waals surface area contributed by atoms with Gasteiger partial charge in [0, 0.05) is 12.1 Å². The average molecular weight is 209 g/mol. The number of ether oxygens (including phenoxy) is 1. The fourth-order valence-corrected chi connectivity index (χ4v) is 1.55. The van der Waals surface area contributed by atoms with Crippen molar-refractivity contribution in [2.75, 3.05) is 19.8 Å². The number of Topliss-reactive ketones (excluding diaryl/α,β-unsaturated/α-hetero) is 1. The third kappa shape index (κ3) is 2.40. The maximum absolute atomic E-state index is 12.6. The Morgan fingerprint density at radius 3 is 2.73 bits per heavy atom. The van der Waals surface area contributed by atoms with Crippen LogP contribution in [-0.4, -0.2) is 31.6 Å². The summed E-state index contributed by atoms with van der Waals surface area (Å²) < 4.78 is 17.8. The van der Waals surface area contributed by atoms with Crippen molar-refractivity contribution in [2.24, 2.45) is 0 Å². The molecule has 1 fully saturated rings. The van der Waals surface area contributed by atoms with Gasteiger partial charge in [-0.05, 0) is 24.3 Å². The SMILES string of the molecule is O=C(c1ccc(F)cc1)C1COCCN1. The highest BCUT2D eigenvalue weighted by molar-refractivity contribution is 6.00. The lowest BCUT2D eigenvalue weighted by Crippen LogP contribution is -2.46. The molecule has 0 saturated carbocycles. The van der Waals surface area contributed by atoms with E-state index in [4.69, 9.17) is 4.74 Å². The van der Waals surface area contributed by atoms with Gasteiger partial charge in [-0.15, -0.1) is 0 Å². The van der Waals surface area contributed by atoms with Crippen molar-refractivity contribution >= 4 is 5.78 Å². The Morgan fingerprint density at radius 2 is 2.13 bits per heavy atom. The number of morpholine rings is 1. The molecule has 1 aromatic carbocycles. The molecule has 80 valence electrons. The molecule has 1 aliphatic heterocycles. The quantitative estimate of drug-likeness (QED) is 0.738. The first-order valence-electron chi connectivity index (χ1n) is 4.88. The standard InChI is InChI=1S/C11H12FNO2/c12-9-3-1-8(2-4-9)11(14)10-7-15-6-5-13-10/h1-4,10,13H,5-7H2. The number of carbonyl (C=O) groups excluding carboxylic acids is 1. The Bertz CT molecular complexity index is 344. The van der Waals surface area contributed by atoms with Crippen molar-refractivity contribution in [3.63, 3.8) is 0 Å². The summed E-state index contributed by atoms with van der Waals surface area (Å²) in [6.07, 6.45) is 0. The number of carbonyl (C=O) groups is 1. The number of hydrogen-bond acceptors (Lipinski definition) is 3. The van der Waals surface area contributed by atoms with Crippen molar-refractivity contribution in [1.82, 2.24) is 5.32 Å². The van der Waals surface area contributed by atoms with E-state index >= 15 is 0 Å². The van der Waals surface area contributed by atoms with Gasteiger partial charge in [0.1, 0.15) is 5.82 Å². The minimum absolute atomic E-state index is 0.0466. The highest BCUT2D eigenvalue weighted by Crippen LogP contribution is 2.07. The third-order valence-electron chi connectivity index (χ3n) is 2.37. The van der Waals surface area contributed by atoms with Crippen molar-refractivity contribution in [3.05, 3.63) is 35.6 Å². The van der Waals surface area contributed by atoms with Crippen LogP contribution in [0.2, 0.25) is 0 Å². The predicted octanol–water partition coefficient (Wildman–Crippen LogP) is 0.997. The van der Waals surface area contributed by atoms with Crippen molar-refractivity contribution in [2.45, 2.75) is 6.04 Å². The van der Waals surface area contributed by atoms with Crippen LogP contribution in [-0.2, 0) is 4.74 Å². The average Bonchev–Trinajstić information content (AvgIpc) is 2.30. The first kappa shape index (κ1) is 10.3. The summed E-state index contributed by atoms with van der Waals surface area (Å²) in [4.78, 5) is 11.8. The smallest absolute Gasteiger partial charge is 0.182 e. The summed E-state index contributed by atoms with van der Waals surface area (Å²) >= 11 is 0. The van der Waals surface area contributed by atoms with Crippen LogP contribution >= 0.6 is 0 Å². The van der Waals surface area contributed by atoms with E-state index in [-0.39, 0.29) is 17.6 Å². The maximum Gasteiger partial charge on any atom is 0.182 e. The number of benzene rings is 1. The lowest BCUT2D eigenvalue weighted by Gasteiger charge is -2.22. The number of halogens is 1. The molecular weight excluding hydrogens is 197 g/mol. The lowest BCUT2D eigenvalue weighted by molar-refractivity contribution is 0.0607. The van der Waals surface area contributed by atoms with Crippen molar-refractivity contribution in [1.29, 1.82) is 0 Å². The summed E-state index contributed by atoms with van der Waals surface area (Å²) in [7, 11) is 0. The first-order valence-corrected chi connectivity index (χ1v) is 4.88. The van der Waals surface area contributed by atoms with Crippen LogP contribution in [0.4, 0.5) is 4.39 Å². The molecule has 4 heteroatoms. The van der Waals surface area contributed by atoms with Gasteiger partial charge < -0.3 is 10.1 Å². The molecule has 0 aromatic heterocycles. The summed E-state index contributed by atoms with van der Waals surface area (Å²) in [5, 5.41) is 3.06. The fraction of sp³-hybridized carbons (Fsp3) is 0.364. The molecule has 2 rings (SSSR count). The van der Waals surface area contributed by atoms with Gasteiger partial charge in [0.15, 0.2) is 5.78 Å². The molecule has 1 N–H and O–H groups in total. The number of ketones is 1. The highest BCUT2D eigenvalue weighted by Gasteiger charge is 2.22. The van der Waals surface area contributed by atoms with E-state index in [1.54, 1.807) is 0 Å². The normalized spacial score (nSPS) is 21.3. The summed E-state index contributed by atoms with van der Waals surface area (Å²) in [5.41, 5.74) is 0.513. The highest BCUT2D eigenvalue weighted by atomic mass is 19.1. The van der Waals surface area contributed by atoms with Gasteiger partial charge in [-0.3, -0.25) is 4.79 Å². The Balaban J connectivity index is 2.09. The van der Waals surface area contributed by atoms with Gasteiger partial charge in [-0.1, -0.05) is 0 Å². The van der Waals surface area contributed by atoms with Gasteiger partial charge in [-0.25, -0.2) is 4.39 Å². The zero-order valence-electron chi connectivity index (χ0n) is 8.20. The third-order valence-corrected chi connectivity index (χ3v) is 2.37. The molecule has 0 radical (unpaired) electrons. The zero-order chi connectivity index (χ0) is 10.7. The summed E-state index contributed by atoms with van der Waals surface area (Å²) in [6.45, 7) is 1.70. The maximum atomic E-state index is 12.6. The van der Waals surface area contributed by atoms with Crippen molar-refractivity contribution in [3.8, 4) is 0 Å². The molecule has 1 saturated heterocycles. The molecule has 1 aliphatic rings. The fourth-order valence-electron chi connectivity index (χ4n) is 1.55. The Morgan fingerprint density at radius 1 is 1.40 bits per heavy atom. The van der Waals surface area contributed by atoms with Gasteiger partial charge in [0.25, 0.3) is 0 Å². The number of hydrogen-bond donors (Lipinski definition) is 1. The molecule has 1 aromatic rings. The molecule has 1 atom stereocenters. The lowest BCUT2D eigenvalue weighted by atomic mass is 10.0. The van der Waals surface area contributed by atoms with Crippen LogP contribution in [0.3, 0.4) is 0 Å². The van der Waals surface area contributed by atoms with E-state index < -0.39 is 0 Å². The van der Waals surface area contributed by atoms with E-state index in [1.165, 1.54) is 24.3 Å². The second kappa shape index (κ2) is 4.51. The largest absolute Gasteiger partial charge is 0.378 e. The molecule has 3 nitrogen and oxygen atoms in total. The first-order chi connectivity index (χ1) is 7.27. The Hall–Kier alpha value is -1.26. The van der Waals surface area contributed by atoms with E-state index in [1.807, 2.05) is 0 Å².